The molecule has 2 atom stereocenters. The fraction of sp³-hybridized carbons (Fsp3) is 0.391. The third kappa shape index (κ3) is 9.15. The van der Waals surface area contributed by atoms with Crippen LogP contribution in [0.2, 0.25) is 0 Å². The molecule has 0 radical (unpaired) electrons. The number of hydrogen-bond acceptors (Lipinski definition) is 15. The van der Waals surface area contributed by atoms with Gasteiger partial charge in [0.2, 0.25) is 11.5 Å². The van der Waals surface area contributed by atoms with E-state index in [-0.39, 0.29) is 27.4 Å². The highest BCUT2D eigenvalue weighted by molar-refractivity contribution is 7.90. The number of thiazole rings is 1. The van der Waals surface area contributed by atoms with E-state index in [9.17, 15) is 50.7 Å². The van der Waals surface area contributed by atoms with Crippen LogP contribution in [0.4, 0.5) is 10.8 Å². The van der Waals surface area contributed by atoms with Crippen molar-refractivity contribution in [3.8, 4) is 0 Å². The van der Waals surface area contributed by atoms with Crippen molar-refractivity contribution < 1.29 is 55.1 Å². The van der Waals surface area contributed by atoms with Crippen LogP contribution < -0.4 is 10.6 Å². The van der Waals surface area contributed by atoms with Gasteiger partial charge in [-0.3, -0.25) is 29.1 Å². The Morgan fingerprint density at radius 1 is 1.22 bits per heavy atom. The number of carbonyl (C=O) groups excluding carboxylic acids is 4. The number of hydrogen-bond donors (Lipinski definition) is 3. The summed E-state index contributed by atoms with van der Waals surface area (Å²) < 4.78 is 61.6. The minimum atomic E-state index is -5.19. The Labute approximate surface area is 269 Å². The zero-order valence-electron chi connectivity index (χ0n) is 23.9. The van der Waals surface area contributed by atoms with Crippen LogP contribution in [-0.4, -0.2) is 101 Å². The number of nitro benzene ring substituents is 1. The van der Waals surface area contributed by atoms with Gasteiger partial charge >= 0.3 is 16.3 Å². The Kier molecular flexibility index (Phi) is 11.0. The van der Waals surface area contributed by atoms with Crippen molar-refractivity contribution in [3.05, 3.63) is 51.0 Å². The minimum absolute atomic E-state index is 0.0462. The van der Waals surface area contributed by atoms with Gasteiger partial charge in [-0.15, -0.1) is 22.9 Å². The number of oxime groups is 1. The molecule has 3 N–H and O–H groups in total. The zero-order chi connectivity index (χ0) is 34.6. The second-order valence-electron chi connectivity index (χ2n) is 9.98. The fourth-order valence-electron chi connectivity index (χ4n) is 3.68. The number of esters is 1. The van der Waals surface area contributed by atoms with Gasteiger partial charge in [-0.25, -0.2) is 22.5 Å². The number of aromatic nitrogens is 1. The van der Waals surface area contributed by atoms with Crippen LogP contribution in [0.15, 0.2) is 34.8 Å². The van der Waals surface area contributed by atoms with Gasteiger partial charge in [-0.1, -0.05) is 5.16 Å². The van der Waals surface area contributed by atoms with E-state index in [0.29, 0.717) is 5.56 Å². The summed E-state index contributed by atoms with van der Waals surface area (Å²) >= 11 is 6.30. The molecule has 3 amide bonds. The van der Waals surface area contributed by atoms with Crippen molar-refractivity contribution in [1.29, 1.82) is 0 Å². The highest BCUT2D eigenvalue weighted by Crippen LogP contribution is 2.26. The molecule has 250 valence electrons. The van der Waals surface area contributed by atoms with Gasteiger partial charge in [-0.05, 0) is 31.5 Å². The van der Waals surface area contributed by atoms with Crippen LogP contribution in [0.25, 0.3) is 0 Å². The van der Waals surface area contributed by atoms with E-state index in [0.717, 1.165) is 17.6 Å². The molecular weight excluding hydrogens is 700 g/mol. The molecule has 23 heteroatoms. The van der Waals surface area contributed by atoms with Gasteiger partial charge in [0.15, 0.2) is 10.8 Å². The molecule has 1 aromatic heterocycles. The third-order valence-corrected chi connectivity index (χ3v) is 8.78. The molecule has 1 aromatic carbocycles. The molecule has 0 aliphatic carbocycles. The Bertz CT molecular complexity index is 1790. The number of anilines is 1. The number of benzene rings is 1. The maximum atomic E-state index is 13.4. The second-order valence-corrected chi connectivity index (χ2v) is 14.6. The Morgan fingerprint density at radius 2 is 1.85 bits per heavy atom. The van der Waals surface area contributed by atoms with E-state index in [2.05, 4.69) is 20.8 Å². The van der Waals surface area contributed by atoms with Crippen LogP contribution in [0.3, 0.4) is 0 Å². The average Bonchev–Trinajstić information content (AvgIpc) is 3.40. The van der Waals surface area contributed by atoms with Gasteiger partial charge in [0.1, 0.15) is 34.1 Å². The standard InChI is InChI=1S/C23H25ClN6O13S3/c1-23(2,21(34)42-9-12-4-6-13(7-5-12)30(35)36)43-28-17(14-10-44-22(25-14)26-16(31)8-24)19(32)27-18-15(11-45(3,37)38)29(20(18)33)46(39,40)41/h4-7,10,15,18H,8-9,11H2,1-3H3,(H,27,32)(H,25,26,31)(H,39,40,41)/b28-17-/t15-,18+/m0/s1. The molecule has 1 aliphatic rings. The largest absolute Gasteiger partial charge is 0.458 e. The number of non-ortho nitro benzene ring substituents is 1. The molecule has 0 saturated carbocycles. The van der Waals surface area contributed by atoms with Crippen molar-refractivity contribution in [2.24, 2.45) is 5.16 Å². The Balaban J connectivity index is 1.86. The van der Waals surface area contributed by atoms with Gasteiger partial charge in [0.05, 0.1) is 16.7 Å². The number of sulfone groups is 1. The van der Waals surface area contributed by atoms with Gasteiger partial charge in [-0.2, -0.15) is 8.42 Å². The topological polar surface area (TPSA) is 271 Å². The van der Waals surface area contributed by atoms with Crippen molar-refractivity contribution >= 4 is 83.3 Å². The first-order valence-electron chi connectivity index (χ1n) is 12.5. The van der Waals surface area contributed by atoms with Gasteiger partial charge in [0.25, 0.3) is 17.5 Å². The van der Waals surface area contributed by atoms with Crippen LogP contribution in [0, 0.1) is 10.1 Å². The fourth-order valence-corrected chi connectivity index (χ4v) is 6.39. The SMILES string of the molecule is CC(C)(O/N=C(\C(=O)N[C@H]1C(=O)N(S(=O)(=O)O)[C@H]1CS(C)(=O)=O)c1csc(NC(=O)CCl)n1)C(=O)OCc1ccc([N+](=O)[O-])cc1. The molecule has 46 heavy (non-hydrogen) atoms. The number of β-lactam (4-membered cyclic amide) rings is 1. The lowest BCUT2D eigenvalue weighted by Gasteiger charge is -2.43. The lowest BCUT2D eigenvalue weighted by atomic mass is 10.0. The summed E-state index contributed by atoms with van der Waals surface area (Å²) in [5.41, 5.74) is -2.62. The van der Waals surface area contributed by atoms with E-state index in [1.807, 2.05) is 0 Å². The van der Waals surface area contributed by atoms with Gasteiger partial charge in [0, 0.05) is 23.8 Å². The third-order valence-electron chi connectivity index (χ3n) is 5.88. The molecule has 1 fully saturated rings. The molecule has 2 heterocycles. The predicted octanol–water partition coefficient (Wildman–Crippen LogP) is 0.0143. The molecular formula is C23H25ClN6O13S3. The first-order chi connectivity index (χ1) is 21.2. The van der Waals surface area contributed by atoms with E-state index in [1.165, 1.54) is 43.5 Å². The molecule has 3 rings (SSSR count). The Morgan fingerprint density at radius 3 is 2.39 bits per heavy atom. The highest BCUT2D eigenvalue weighted by Gasteiger charge is 2.55. The maximum Gasteiger partial charge on any atom is 0.362 e. The van der Waals surface area contributed by atoms with E-state index < -0.39 is 83.8 Å². The summed E-state index contributed by atoms with van der Waals surface area (Å²) in [6.45, 7) is 2.13. The summed E-state index contributed by atoms with van der Waals surface area (Å²) in [5.74, 6) is -5.62. The predicted molar refractivity (Wildman–Crippen MR) is 160 cm³/mol. The number of amides is 3. The molecule has 0 unspecified atom stereocenters. The van der Waals surface area contributed by atoms with Crippen LogP contribution in [-0.2, 0) is 55.5 Å². The molecule has 19 nitrogen and oxygen atoms in total. The lowest BCUT2D eigenvalue weighted by molar-refractivity contribution is -0.384. The summed E-state index contributed by atoms with van der Waals surface area (Å²) in [6, 6.07) is 1.67. The minimum Gasteiger partial charge on any atom is -0.458 e. The number of ether oxygens (including phenoxy) is 1. The molecule has 1 aliphatic heterocycles. The maximum absolute atomic E-state index is 13.4. The first kappa shape index (κ1) is 36.2. The smallest absolute Gasteiger partial charge is 0.362 e. The number of nitro groups is 1. The molecule has 2 aromatic rings. The quantitative estimate of drug-likeness (QED) is 0.0441. The lowest BCUT2D eigenvalue weighted by Crippen LogP contribution is -2.74. The number of alkyl halides is 1. The van der Waals surface area contributed by atoms with E-state index in [1.54, 1.807) is 0 Å². The number of rotatable bonds is 14. The molecule has 1 saturated heterocycles. The monoisotopic (exact) mass is 724 g/mol. The van der Waals surface area contributed by atoms with Gasteiger partial charge < -0.3 is 20.2 Å². The van der Waals surface area contributed by atoms with Crippen molar-refractivity contribution in [3.63, 3.8) is 0 Å². The number of carbonyl (C=O) groups is 4. The van der Waals surface area contributed by atoms with Crippen LogP contribution >= 0.6 is 22.9 Å². The number of halogens is 1. The number of nitrogens with zero attached hydrogens (tertiary/aromatic N) is 4. The summed E-state index contributed by atoms with van der Waals surface area (Å²) in [5, 5.41) is 20.2. The second kappa shape index (κ2) is 14.0. The molecule has 0 bridgehead atoms. The first-order valence-corrected chi connectivity index (χ1v) is 17.4. The van der Waals surface area contributed by atoms with E-state index >= 15 is 0 Å². The zero-order valence-corrected chi connectivity index (χ0v) is 27.1. The van der Waals surface area contributed by atoms with E-state index in [4.69, 9.17) is 21.2 Å². The number of nitrogens with one attached hydrogen (secondary N) is 2. The van der Waals surface area contributed by atoms with Crippen molar-refractivity contribution in [1.82, 2.24) is 14.6 Å². The Hall–Kier alpha value is -4.25. The van der Waals surface area contributed by atoms with Crippen LogP contribution in [0.5, 0.6) is 0 Å². The average molecular weight is 725 g/mol. The summed E-state index contributed by atoms with van der Waals surface area (Å²) in [7, 11) is -9.13. The highest BCUT2D eigenvalue weighted by atomic mass is 35.5. The summed E-state index contributed by atoms with van der Waals surface area (Å²) in [4.78, 5) is 69.9. The van der Waals surface area contributed by atoms with Crippen LogP contribution in [0.1, 0.15) is 25.1 Å². The summed E-state index contributed by atoms with van der Waals surface area (Å²) in [6.07, 6.45) is 0.742. The van der Waals surface area contributed by atoms with Crippen molar-refractivity contribution in [2.45, 2.75) is 38.1 Å². The molecule has 0 spiro atoms. The van der Waals surface area contributed by atoms with Crippen molar-refractivity contribution in [2.75, 3.05) is 23.2 Å². The normalized spacial score (nSPS) is 17.1.